The van der Waals surface area contributed by atoms with Crippen LogP contribution in [0.3, 0.4) is 0 Å². The lowest BCUT2D eigenvalue weighted by Crippen LogP contribution is -2.18. The van der Waals surface area contributed by atoms with Crippen molar-refractivity contribution in [2.45, 2.75) is 17.7 Å². The molecule has 0 fully saturated rings. The third-order valence-electron chi connectivity index (χ3n) is 3.50. The van der Waals surface area contributed by atoms with E-state index in [1.807, 2.05) is 0 Å². The van der Waals surface area contributed by atoms with Crippen LogP contribution in [-0.4, -0.2) is 28.5 Å². The van der Waals surface area contributed by atoms with E-state index in [2.05, 4.69) is 10.0 Å². The van der Waals surface area contributed by atoms with Gasteiger partial charge in [0, 0.05) is 18.2 Å². The Balaban J connectivity index is 1.92. The number of hydrogen-bond donors (Lipinski definition) is 2. The second-order valence-corrected chi connectivity index (χ2v) is 7.02. The van der Waals surface area contributed by atoms with Crippen molar-refractivity contribution in [3.63, 3.8) is 0 Å². The summed E-state index contributed by atoms with van der Waals surface area (Å²) in [5.41, 5.74) is 1.57. The van der Waals surface area contributed by atoms with Crippen LogP contribution in [0.1, 0.15) is 12.0 Å². The Bertz CT molecular complexity index is 802. The zero-order valence-corrected chi connectivity index (χ0v) is 14.4. The third kappa shape index (κ3) is 4.81. The van der Waals surface area contributed by atoms with E-state index in [0.29, 0.717) is 24.3 Å². The highest BCUT2D eigenvalue weighted by Crippen LogP contribution is 2.17. The van der Waals surface area contributed by atoms with Crippen LogP contribution in [0.25, 0.3) is 0 Å². The molecule has 0 saturated heterocycles. The van der Waals surface area contributed by atoms with Crippen LogP contribution >= 0.6 is 0 Å². The first kappa shape index (κ1) is 18.0. The number of carbonyl (C=O) groups is 1. The number of hydrogen-bond acceptors (Lipinski definition) is 4. The van der Waals surface area contributed by atoms with Gasteiger partial charge in [0.1, 0.15) is 5.75 Å². The van der Waals surface area contributed by atoms with Crippen LogP contribution < -0.4 is 14.8 Å². The van der Waals surface area contributed by atoms with Gasteiger partial charge in [-0.05, 0) is 43.3 Å². The molecule has 0 radical (unpaired) electrons. The van der Waals surface area contributed by atoms with E-state index < -0.39 is 10.0 Å². The quantitative estimate of drug-likeness (QED) is 0.803. The lowest BCUT2D eigenvalue weighted by molar-refractivity contribution is -0.116. The number of ether oxygens (including phenoxy) is 1. The van der Waals surface area contributed by atoms with Crippen molar-refractivity contribution in [1.82, 2.24) is 4.72 Å². The number of rotatable bonds is 7. The maximum absolute atomic E-state index is 12.0. The molecular weight excluding hydrogens is 328 g/mol. The number of methoxy groups -OCH3 is 1. The molecule has 0 aliphatic carbocycles. The van der Waals surface area contributed by atoms with Gasteiger partial charge in [-0.1, -0.05) is 18.2 Å². The number of nitrogens with one attached hydrogen (secondary N) is 2. The minimum Gasteiger partial charge on any atom is -0.497 e. The number of carbonyl (C=O) groups excluding carboxylic acids is 1. The molecular formula is C17H20N2O4S. The predicted octanol–water partition coefficient (Wildman–Crippen LogP) is 2.17. The van der Waals surface area contributed by atoms with Crippen molar-refractivity contribution in [2.75, 3.05) is 19.5 Å². The van der Waals surface area contributed by atoms with E-state index in [1.54, 1.807) is 43.5 Å². The Hall–Kier alpha value is -2.38. The molecule has 2 rings (SSSR count). The van der Waals surface area contributed by atoms with Gasteiger partial charge in [0.15, 0.2) is 0 Å². The summed E-state index contributed by atoms with van der Waals surface area (Å²) in [5, 5.41) is 2.81. The fraction of sp³-hybridized carbons (Fsp3) is 0.235. The number of sulfonamides is 1. The van der Waals surface area contributed by atoms with Crippen molar-refractivity contribution in [2.24, 2.45) is 0 Å². The van der Waals surface area contributed by atoms with Gasteiger partial charge in [-0.3, -0.25) is 4.79 Å². The normalized spacial score (nSPS) is 11.1. The largest absolute Gasteiger partial charge is 0.497 e. The predicted molar refractivity (Wildman–Crippen MR) is 92.6 cm³/mol. The van der Waals surface area contributed by atoms with Crippen molar-refractivity contribution >= 4 is 21.6 Å². The maximum atomic E-state index is 12.0. The highest BCUT2D eigenvalue weighted by molar-refractivity contribution is 7.89. The minimum atomic E-state index is -3.43. The summed E-state index contributed by atoms with van der Waals surface area (Å²) in [4.78, 5) is 12.2. The van der Waals surface area contributed by atoms with Gasteiger partial charge < -0.3 is 10.1 Å². The smallest absolute Gasteiger partial charge is 0.240 e. The van der Waals surface area contributed by atoms with E-state index in [-0.39, 0.29) is 10.8 Å². The molecule has 6 nitrogen and oxygen atoms in total. The third-order valence-corrected chi connectivity index (χ3v) is 4.93. The summed E-state index contributed by atoms with van der Waals surface area (Å²) in [5.74, 6) is 0.560. The molecule has 128 valence electrons. The number of aryl methyl sites for hydroxylation is 1. The molecule has 0 aromatic heterocycles. The molecule has 2 aromatic rings. The lowest BCUT2D eigenvalue weighted by Gasteiger charge is -2.07. The number of anilines is 1. The zero-order valence-electron chi connectivity index (χ0n) is 13.6. The summed E-state index contributed by atoms with van der Waals surface area (Å²) in [7, 11) is -0.499. The van der Waals surface area contributed by atoms with Crippen LogP contribution in [0.4, 0.5) is 5.69 Å². The van der Waals surface area contributed by atoms with Crippen LogP contribution in [0, 0.1) is 0 Å². The average Bonchev–Trinajstić information content (AvgIpc) is 2.60. The van der Waals surface area contributed by atoms with E-state index in [9.17, 15) is 13.2 Å². The molecule has 0 aliphatic heterocycles. The van der Waals surface area contributed by atoms with Crippen molar-refractivity contribution < 1.29 is 17.9 Å². The molecule has 0 aliphatic rings. The van der Waals surface area contributed by atoms with Gasteiger partial charge >= 0.3 is 0 Å². The van der Waals surface area contributed by atoms with E-state index in [0.717, 1.165) is 5.56 Å². The number of amides is 1. The van der Waals surface area contributed by atoms with Crippen LogP contribution in [0.15, 0.2) is 53.4 Å². The van der Waals surface area contributed by atoms with Gasteiger partial charge in [-0.2, -0.15) is 0 Å². The first-order chi connectivity index (χ1) is 11.4. The topological polar surface area (TPSA) is 84.5 Å². The molecule has 0 saturated carbocycles. The number of benzene rings is 2. The Morgan fingerprint density at radius 2 is 1.83 bits per heavy atom. The van der Waals surface area contributed by atoms with E-state index in [1.165, 1.54) is 19.2 Å². The van der Waals surface area contributed by atoms with Crippen molar-refractivity contribution in [3.05, 3.63) is 54.1 Å². The lowest BCUT2D eigenvalue weighted by atomic mass is 10.1. The van der Waals surface area contributed by atoms with E-state index >= 15 is 0 Å². The Morgan fingerprint density at radius 3 is 2.46 bits per heavy atom. The highest BCUT2D eigenvalue weighted by Gasteiger charge is 2.11. The van der Waals surface area contributed by atoms with Crippen LogP contribution in [0.5, 0.6) is 5.75 Å². The molecule has 0 atom stereocenters. The summed E-state index contributed by atoms with van der Waals surface area (Å²) < 4.78 is 30.7. The molecule has 7 heteroatoms. The van der Waals surface area contributed by atoms with Gasteiger partial charge in [-0.15, -0.1) is 0 Å². The van der Waals surface area contributed by atoms with Gasteiger partial charge in [0.2, 0.25) is 15.9 Å². The molecule has 1 amide bonds. The Morgan fingerprint density at radius 1 is 1.12 bits per heavy atom. The fourth-order valence-corrected chi connectivity index (χ4v) is 2.87. The first-order valence-electron chi connectivity index (χ1n) is 7.41. The summed E-state index contributed by atoms with van der Waals surface area (Å²) in [6, 6.07) is 13.6. The van der Waals surface area contributed by atoms with Crippen molar-refractivity contribution in [3.8, 4) is 5.75 Å². The molecule has 2 aromatic carbocycles. The monoisotopic (exact) mass is 348 g/mol. The highest BCUT2D eigenvalue weighted by atomic mass is 32.2. The zero-order chi connectivity index (χ0) is 17.6. The SMILES string of the molecule is CNS(=O)(=O)c1ccc(CCC(=O)Nc2cccc(OC)c2)cc1. The van der Waals surface area contributed by atoms with Gasteiger partial charge in [-0.25, -0.2) is 13.1 Å². The molecule has 0 heterocycles. The summed E-state index contributed by atoms with van der Waals surface area (Å²) in [6.45, 7) is 0. The Kier molecular flexibility index (Phi) is 5.94. The summed E-state index contributed by atoms with van der Waals surface area (Å²) >= 11 is 0. The van der Waals surface area contributed by atoms with E-state index in [4.69, 9.17) is 4.74 Å². The second-order valence-electron chi connectivity index (χ2n) is 5.13. The summed E-state index contributed by atoms with van der Waals surface area (Å²) in [6.07, 6.45) is 0.824. The fourth-order valence-electron chi connectivity index (χ4n) is 2.14. The van der Waals surface area contributed by atoms with Crippen molar-refractivity contribution in [1.29, 1.82) is 0 Å². The molecule has 0 spiro atoms. The second kappa shape index (κ2) is 7.94. The van der Waals surface area contributed by atoms with Gasteiger partial charge in [0.05, 0.1) is 12.0 Å². The molecule has 0 bridgehead atoms. The maximum Gasteiger partial charge on any atom is 0.240 e. The average molecular weight is 348 g/mol. The minimum absolute atomic E-state index is 0.116. The standard InChI is InChI=1S/C17H20N2O4S/c1-18-24(21,22)16-9-6-13(7-10-16)8-11-17(20)19-14-4-3-5-15(12-14)23-2/h3-7,9-10,12,18H,8,11H2,1-2H3,(H,19,20). The first-order valence-corrected chi connectivity index (χ1v) is 8.89. The molecule has 2 N–H and O–H groups in total. The van der Waals surface area contributed by atoms with Crippen LogP contribution in [-0.2, 0) is 21.2 Å². The molecule has 24 heavy (non-hydrogen) atoms. The van der Waals surface area contributed by atoms with Gasteiger partial charge in [0.25, 0.3) is 0 Å². The Labute approximate surface area is 141 Å². The molecule has 0 unspecified atom stereocenters. The van der Waals surface area contributed by atoms with Crippen LogP contribution in [0.2, 0.25) is 0 Å².